The van der Waals surface area contributed by atoms with E-state index in [1.54, 1.807) is 0 Å². The van der Waals surface area contributed by atoms with Gasteiger partial charge in [-0.2, -0.15) is 0 Å². The molecular weight excluding hydrogens is 260 g/mol. The van der Waals surface area contributed by atoms with Crippen LogP contribution in [0.3, 0.4) is 0 Å². The Labute approximate surface area is 129 Å². The second kappa shape index (κ2) is 3.70. The Kier molecular flexibility index (Phi) is 2.35. The van der Waals surface area contributed by atoms with E-state index in [-0.39, 0.29) is 11.2 Å². The van der Waals surface area contributed by atoms with Crippen LogP contribution in [0, 0.1) is 22.2 Å². The van der Waals surface area contributed by atoms with Gasteiger partial charge in [-0.05, 0) is 49.9 Å². The SMILES string of the molecule is CC1(C)[C@@H]2CC[C@@]1(C)C1(C2)O[C@H]2CCCC23CCC[C@H]3O1. The van der Waals surface area contributed by atoms with Crippen molar-refractivity contribution >= 4 is 0 Å². The Morgan fingerprint density at radius 2 is 1.43 bits per heavy atom. The van der Waals surface area contributed by atoms with E-state index in [1.807, 2.05) is 0 Å². The van der Waals surface area contributed by atoms with Crippen LogP contribution in [-0.2, 0) is 9.47 Å². The lowest BCUT2D eigenvalue weighted by Gasteiger charge is -2.57. The molecule has 5 aliphatic rings. The Balaban J connectivity index is 1.58. The summed E-state index contributed by atoms with van der Waals surface area (Å²) in [5.41, 5.74) is 0.972. The molecule has 2 nitrogen and oxygen atoms in total. The first-order chi connectivity index (χ1) is 9.94. The van der Waals surface area contributed by atoms with E-state index in [2.05, 4.69) is 20.8 Å². The number of hydrogen-bond acceptors (Lipinski definition) is 2. The quantitative estimate of drug-likeness (QED) is 0.645. The largest absolute Gasteiger partial charge is 0.345 e. The van der Waals surface area contributed by atoms with Gasteiger partial charge < -0.3 is 9.47 Å². The Bertz CT molecular complexity index is 460. The highest BCUT2D eigenvalue weighted by molar-refractivity contribution is 5.19. The minimum absolute atomic E-state index is 0.210. The molecule has 0 amide bonds. The monoisotopic (exact) mass is 290 g/mol. The Morgan fingerprint density at radius 3 is 1.90 bits per heavy atom. The molecule has 2 heteroatoms. The van der Waals surface area contributed by atoms with Gasteiger partial charge in [0.15, 0.2) is 5.79 Å². The zero-order valence-electron chi connectivity index (χ0n) is 13.9. The molecule has 4 saturated carbocycles. The van der Waals surface area contributed by atoms with Gasteiger partial charge in [-0.1, -0.05) is 33.6 Å². The maximum absolute atomic E-state index is 6.91. The summed E-state index contributed by atoms with van der Waals surface area (Å²) in [6.07, 6.45) is 12.8. The summed E-state index contributed by atoms with van der Waals surface area (Å²) in [5.74, 6) is 0.533. The molecule has 0 aromatic heterocycles. The van der Waals surface area contributed by atoms with Gasteiger partial charge in [-0.3, -0.25) is 0 Å². The fourth-order valence-corrected chi connectivity index (χ4v) is 7.17. The molecule has 2 spiro atoms. The highest BCUT2D eigenvalue weighted by Gasteiger charge is 2.75. The lowest BCUT2D eigenvalue weighted by Crippen LogP contribution is -2.62. The molecule has 0 aromatic carbocycles. The van der Waals surface area contributed by atoms with Crippen molar-refractivity contribution in [2.45, 2.75) is 96.6 Å². The van der Waals surface area contributed by atoms with E-state index >= 15 is 0 Å². The molecule has 0 radical (unpaired) electrons. The standard InChI is InChI=1S/C19H30O2/c1-16(2)13-8-11-17(16,3)19(12-13)20-14-6-4-9-18(14)10-5-7-15(18)21-19/h13-15H,4-12H2,1-3H3/t13-,14-,15+,17-,18?,19?/m1/s1. The second-order valence-electron chi connectivity index (χ2n) is 9.48. The number of hydrogen-bond donors (Lipinski definition) is 0. The molecule has 5 fully saturated rings. The third-order valence-corrected chi connectivity index (χ3v) is 8.96. The molecule has 0 aromatic rings. The first kappa shape index (κ1) is 13.4. The van der Waals surface area contributed by atoms with Gasteiger partial charge in [-0.25, -0.2) is 0 Å². The van der Waals surface area contributed by atoms with Gasteiger partial charge in [-0.15, -0.1) is 0 Å². The molecule has 2 bridgehead atoms. The predicted octanol–water partition coefficient (Wildman–Crippen LogP) is 4.67. The predicted molar refractivity (Wildman–Crippen MR) is 81.8 cm³/mol. The van der Waals surface area contributed by atoms with Crippen LogP contribution in [0.5, 0.6) is 0 Å². The molecule has 1 aliphatic heterocycles. The molecule has 4 aliphatic carbocycles. The summed E-state index contributed by atoms with van der Waals surface area (Å²) in [6, 6.07) is 0. The first-order valence-corrected chi connectivity index (χ1v) is 9.29. The topological polar surface area (TPSA) is 18.5 Å². The van der Waals surface area contributed by atoms with Crippen molar-refractivity contribution in [3.8, 4) is 0 Å². The van der Waals surface area contributed by atoms with Crippen molar-refractivity contribution in [1.82, 2.24) is 0 Å². The first-order valence-electron chi connectivity index (χ1n) is 9.29. The van der Waals surface area contributed by atoms with Gasteiger partial charge in [0.25, 0.3) is 0 Å². The Morgan fingerprint density at radius 1 is 0.810 bits per heavy atom. The summed E-state index contributed by atoms with van der Waals surface area (Å²) in [7, 11) is 0. The van der Waals surface area contributed by atoms with E-state index in [9.17, 15) is 0 Å². The fraction of sp³-hybridized carbons (Fsp3) is 1.00. The maximum Gasteiger partial charge on any atom is 0.175 e. The third-order valence-electron chi connectivity index (χ3n) is 8.96. The molecule has 21 heavy (non-hydrogen) atoms. The van der Waals surface area contributed by atoms with Crippen molar-refractivity contribution in [3.63, 3.8) is 0 Å². The molecule has 5 rings (SSSR count). The number of fused-ring (bicyclic) bond motifs is 3. The van der Waals surface area contributed by atoms with Crippen LogP contribution >= 0.6 is 0 Å². The van der Waals surface area contributed by atoms with Crippen molar-refractivity contribution in [1.29, 1.82) is 0 Å². The van der Waals surface area contributed by atoms with Gasteiger partial charge in [0.05, 0.1) is 12.2 Å². The Hall–Kier alpha value is -0.0800. The highest BCUT2D eigenvalue weighted by Crippen LogP contribution is 2.74. The van der Waals surface area contributed by atoms with Crippen LogP contribution in [-0.4, -0.2) is 18.0 Å². The van der Waals surface area contributed by atoms with Crippen LogP contribution in [0.1, 0.15) is 78.6 Å². The van der Waals surface area contributed by atoms with Gasteiger partial charge in [0.2, 0.25) is 0 Å². The zero-order valence-corrected chi connectivity index (χ0v) is 13.9. The summed E-state index contributed by atoms with van der Waals surface area (Å²) in [6.45, 7) is 7.41. The molecule has 118 valence electrons. The van der Waals surface area contributed by atoms with Crippen molar-refractivity contribution in [3.05, 3.63) is 0 Å². The van der Waals surface area contributed by atoms with Crippen molar-refractivity contribution in [2.75, 3.05) is 0 Å². The molecule has 1 saturated heterocycles. The van der Waals surface area contributed by atoms with E-state index in [4.69, 9.17) is 9.47 Å². The molecule has 2 unspecified atom stereocenters. The van der Waals surface area contributed by atoms with Crippen LogP contribution in [0.4, 0.5) is 0 Å². The summed E-state index contributed by atoms with van der Waals surface area (Å²) in [5, 5.41) is 0. The second-order valence-corrected chi connectivity index (χ2v) is 9.48. The molecule has 6 atom stereocenters. The number of ether oxygens (including phenoxy) is 2. The van der Waals surface area contributed by atoms with Crippen LogP contribution in [0.2, 0.25) is 0 Å². The zero-order chi connectivity index (χ0) is 14.5. The minimum Gasteiger partial charge on any atom is -0.345 e. The maximum atomic E-state index is 6.91. The smallest absolute Gasteiger partial charge is 0.175 e. The fourth-order valence-electron chi connectivity index (χ4n) is 7.17. The lowest BCUT2D eigenvalue weighted by atomic mass is 9.67. The summed E-state index contributed by atoms with van der Waals surface area (Å²) < 4.78 is 13.8. The van der Waals surface area contributed by atoms with E-state index in [0.717, 1.165) is 12.3 Å². The van der Waals surface area contributed by atoms with Crippen molar-refractivity contribution < 1.29 is 9.47 Å². The van der Waals surface area contributed by atoms with Crippen LogP contribution in [0.25, 0.3) is 0 Å². The van der Waals surface area contributed by atoms with Crippen LogP contribution in [0.15, 0.2) is 0 Å². The van der Waals surface area contributed by atoms with E-state index < -0.39 is 0 Å². The average Bonchev–Trinajstić information content (AvgIpc) is 3.11. The van der Waals surface area contributed by atoms with E-state index in [1.165, 1.54) is 51.4 Å². The van der Waals surface area contributed by atoms with Crippen LogP contribution < -0.4 is 0 Å². The molecular formula is C19H30O2. The summed E-state index contributed by atoms with van der Waals surface area (Å²) in [4.78, 5) is 0. The van der Waals surface area contributed by atoms with Gasteiger partial charge in [0.1, 0.15) is 0 Å². The van der Waals surface area contributed by atoms with Gasteiger partial charge >= 0.3 is 0 Å². The minimum atomic E-state index is -0.257. The highest BCUT2D eigenvalue weighted by atomic mass is 16.7. The number of rotatable bonds is 0. The summed E-state index contributed by atoms with van der Waals surface area (Å²) >= 11 is 0. The van der Waals surface area contributed by atoms with E-state index in [0.29, 0.717) is 23.0 Å². The third kappa shape index (κ3) is 1.27. The van der Waals surface area contributed by atoms with Gasteiger partial charge in [0, 0.05) is 17.3 Å². The average molecular weight is 290 g/mol. The lowest BCUT2D eigenvalue weighted by molar-refractivity contribution is -0.390. The normalized spacial score (nSPS) is 60.4. The molecule has 1 heterocycles. The molecule has 0 N–H and O–H groups in total. The van der Waals surface area contributed by atoms with Crippen molar-refractivity contribution in [2.24, 2.45) is 22.2 Å².